The molecule has 0 atom stereocenters. The van der Waals surface area contributed by atoms with E-state index >= 15 is 0 Å². The normalized spacial score (nSPS) is 13.0. The molecule has 2 N–H and O–H groups in total. The van der Waals surface area contributed by atoms with Crippen LogP contribution >= 0.6 is 23.2 Å². The van der Waals surface area contributed by atoms with Crippen molar-refractivity contribution in [1.82, 2.24) is 4.90 Å². The lowest BCUT2D eigenvalue weighted by Crippen LogP contribution is -2.30. The predicted octanol–water partition coefficient (Wildman–Crippen LogP) is 3.72. The third-order valence-corrected chi connectivity index (χ3v) is 5.26. The van der Waals surface area contributed by atoms with Crippen molar-refractivity contribution in [2.75, 3.05) is 20.8 Å². The van der Waals surface area contributed by atoms with Gasteiger partial charge in [-0.05, 0) is 41.3 Å². The first kappa shape index (κ1) is 22.8. The van der Waals surface area contributed by atoms with Crippen molar-refractivity contribution in [3.05, 3.63) is 57.1 Å². The lowest BCUT2D eigenvalue weighted by Gasteiger charge is -2.29. The number of halogens is 2. The topological polar surface area (TPSA) is 96.3 Å². The summed E-state index contributed by atoms with van der Waals surface area (Å²) in [6.45, 7) is 2.62. The Kier molecular flexibility index (Phi) is 8.13. The number of carboxylic acids is 2. The molecule has 0 amide bonds. The van der Waals surface area contributed by atoms with Crippen molar-refractivity contribution in [3.63, 3.8) is 0 Å². The van der Waals surface area contributed by atoms with Gasteiger partial charge in [0.25, 0.3) is 0 Å². The van der Waals surface area contributed by atoms with E-state index in [1.807, 2.05) is 18.2 Å². The van der Waals surface area contributed by atoms with Crippen LogP contribution in [0, 0.1) is 0 Å². The van der Waals surface area contributed by atoms with E-state index in [0.717, 1.165) is 43.1 Å². The van der Waals surface area contributed by atoms with Crippen LogP contribution in [0.2, 0.25) is 10.0 Å². The number of hydrogen-bond acceptors (Lipinski definition) is 5. The van der Waals surface area contributed by atoms with Gasteiger partial charge in [-0.15, -0.1) is 0 Å². The lowest BCUT2D eigenvalue weighted by molar-refractivity contribution is -0.159. The van der Waals surface area contributed by atoms with Gasteiger partial charge in [0.2, 0.25) is 0 Å². The molecule has 0 fully saturated rings. The molecule has 0 saturated carbocycles. The molecule has 29 heavy (non-hydrogen) atoms. The van der Waals surface area contributed by atoms with Crippen molar-refractivity contribution in [2.24, 2.45) is 0 Å². The smallest absolute Gasteiger partial charge is 0.414 e. The van der Waals surface area contributed by atoms with Gasteiger partial charge in [0.1, 0.15) is 0 Å². The summed E-state index contributed by atoms with van der Waals surface area (Å²) in [5.74, 6) is -2.09. The minimum absolute atomic E-state index is 0.605. The molecule has 0 aromatic heterocycles. The third-order valence-electron chi connectivity index (χ3n) is 4.41. The Bertz CT molecular complexity index is 891. The molecule has 9 heteroatoms. The Morgan fingerprint density at radius 2 is 1.62 bits per heavy atom. The van der Waals surface area contributed by atoms with Gasteiger partial charge in [0, 0.05) is 19.6 Å². The molecule has 0 aliphatic carbocycles. The highest BCUT2D eigenvalue weighted by molar-refractivity contribution is 6.42. The largest absolute Gasteiger partial charge is 0.493 e. The Balaban J connectivity index is 0.000000438. The molecule has 156 valence electrons. The van der Waals surface area contributed by atoms with Crippen molar-refractivity contribution in [1.29, 1.82) is 0 Å². The fourth-order valence-electron chi connectivity index (χ4n) is 2.99. The molecule has 0 bridgehead atoms. The van der Waals surface area contributed by atoms with Crippen molar-refractivity contribution >= 4 is 35.1 Å². The molecule has 1 aliphatic rings. The number of carboxylic acid groups (broad SMARTS) is 2. The van der Waals surface area contributed by atoms with E-state index < -0.39 is 11.9 Å². The maximum absolute atomic E-state index is 9.10. The van der Waals surface area contributed by atoms with Gasteiger partial charge >= 0.3 is 11.9 Å². The van der Waals surface area contributed by atoms with E-state index in [9.17, 15) is 0 Å². The molecule has 0 radical (unpaired) electrons. The van der Waals surface area contributed by atoms with Crippen molar-refractivity contribution in [3.8, 4) is 11.5 Å². The Morgan fingerprint density at radius 1 is 1.03 bits per heavy atom. The van der Waals surface area contributed by atoms with Crippen LogP contribution in [-0.2, 0) is 29.1 Å². The van der Waals surface area contributed by atoms with Crippen LogP contribution in [-0.4, -0.2) is 47.8 Å². The number of nitrogens with zero attached hydrogens (tertiary/aromatic N) is 1. The number of carbonyl (C=O) groups is 2. The summed E-state index contributed by atoms with van der Waals surface area (Å²) in [6, 6.07) is 9.93. The number of ether oxygens (including phenoxy) is 2. The second-order valence-corrected chi connectivity index (χ2v) is 7.04. The molecule has 1 heterocycles. The number of methoxy groups -OCH3 is 2. The maximum atomic E-state index is 9.10. The van der Waals surface area contributed by atoms with Crippen molar-refractivity contribution in [2.45, 2.75) is 19.5 Å². The van der Waals surface area contributed by atoms with Gasteiger partial charge in [-0.1, -0.05) is 35.3 Å². The molecule has 0 spiro atoms. The average molecular weight is 442 g/mol. The van der Waals surface area contributed by atoms with Crippen LogP contribution in [0.3, 0.4) is 0 Å². The van der Waals surface area contributed by atoms with E-state index in [1.54, 1.807) is 14.2 Å². The number of rotatable bonds is 4. The summed E-state index contributed by atoms with van der Waals surface area (Å²) in [6.07, 6.45) is 0.980. The van der Waals surface area contributed by atoms with E-state index in [0.29, 0.717) is 10.0 Å². The highest BCUT2D eigenvalue weighted by Crippen LogP contribution is 2.34. The molecular formula is C20H21Cl2NO6. The van der Waals surface area contributed by atoms with Gasteiger partial charge in [-0.3, -0.25) is 4.90 Å². The number of aliphatic carboxylic acids is 2. The van der Waals surface area contributed by atoms with E-state index in [2.05, 4.69) is 17.0 Å². The second-order valence-electron chi connectivity index (χ2n) is 6.26. The Labute approximate surface area is 178 Å². The SMILES string of the molecule is COc1cc2c(cc1OC)CN(Cc1cccc(Cl)c1Cl)CC2.O=C(O)C(=O)O. The summed E-state index contributed by atoms with van der Waals surface area (Å²) in [5.41, 5.74) is 3.64. The molecule has 0 saturated heterocycles. The first-order valence-electron chi connectivity index (χ1n) is 8.62. The first-order chi connectivity index (χ1) is 13.8. The van der Waals surface area contributed by atoms with Crippen molar-refractivity contribution < 1.29 is 29.3 Å². The van der Waals surface area contributed by atoms with Gasteiger partial charge in [0.15, 0.2) is 11.5 Å². The van der Waals surface area contributed by atoms with Crippen LogP contribution < -0.4 is 9.47 Å². The minimum Gasteiger partial charge on any atom is -0.493 e. The van der Waals surface area contributed by atoms with Crippen LogP contribution in [0.25, 0.3) is 0 Å². The molecule has 2 aromatic rings. The molecule has 7 nitrogen and oxygen atoms in total. The highest BCUT2D eigenvalue weighted by atomic mass is 35.5. The van der Waals surface area contributed by atoms with Crippen LogP contribution in [0.5, 0.6) is 11.5 Å². The van der Waals surface area contributed by atoms with E-state index in [4.69, 9.17) is 52.5 Å². The molecular weight excluding hydrogens is 421 g/mol. The summed E-state index contributed by atoms with van der Waals surface area (Å²) in [4.78, 5) is 20.6. The quantitative estimate of drug-likeness (QED) is 0.697. The van der Waals surface area contributed by atoms with Crippen LogP contribution in [0.1, 0.15) is 16.7 Å². The van der Waals surface area contributed by atoms with Gasteiger partial charge in [-0.25, -0.2) is 9.59 Å². The van der Waals surface area contributed by atoms with Gasteiger partial charge in [0.05, 0.1) is 24.3 Å². The second kappa shape index (κ2) is 10.3. The fraction of sp³-hybridized carbons (Fsp3) is 0.300. The van der Waals surface area contributed by atoms with Gasteiger partial charge in [-0.2, -0.15) is 0 Å². The molecule has 2 aromatic carbocycles. The maximum Gasteiger partial charge on any atom is 0.414 e. The molecule has 0 unspecified atom stereocenters. The molecule has 1 aliphatic heterocycles. The minimum atomic E-state index is -1.82. The predicted molar refractivity (Wildman–Crippen MR) is 109 cm³/mol. The van der Waals surface area contributed by atoms with E-state index in [1.165, 1.54) is 11.1 Å². The molecule has 3 rings (SSSR count). The summed E-state index contributed by atoms with van der Waals surface area (Å²) in [5, 5.41) is 16.0. The van der Waals surface area contributed by atoms with Crippen LogP contribution in [0.15, 0.2) is 30.3 Å². The summed E-state index contributed by atoms with van der Waals surface area (Å²) in [7, 11) is 3.33. The zero-order valence-corrected chi connectivity index (χ0v) is 17.5. The summed E-state index contributed by atoms with van der Waals surface area (Å²) >= 11 is 12.4. The van der Waals surface area contributed by atoms with E-state index in [-0.39, 0.29) is 0 Å². The fourth-order valence-corrected chi connectivity index (χ4v) is 3.37. The van der Waals surface area contributed by atoms with Gasteiger partial charge < -0.3 is 19.7 Å². The third kappa shape index (κ3) is 6.00. The lowest BCUT2D eigenvalue weighted by atomic mass is 9.98. The number of hydrogen-bond donors (Lipinski definition) is 2. The average Bonchev–Trinajstić information content (AvgIpc) is 2.70. The summed E-state index contributed by atoms with van der Waals surface area (Å²) < 4.78 is 10.8. The zero-order chi connectivity index (χ0) is 21.6. The van der Waals surface area contributed by atoms with Crippen LogP contribution in [0.4, 0.5) is 0 Å². The zero-order valence-electron chi connectivity index (χ0n) is 15.9. The standard InChI is InChI=1S/C18H19Cl2NO2.C2H2O4/c1-22-16-8-12-6-7-21(11-14(12)9-17(16)23-2)10-13-4-3-5-15(19)18(13)20;3-1(4)2(5)6/h3-5,8-9H,6-7,10-11H2,1-2H3;(H,3,4)(H,5,6). The number of benzene rings is 2. The monoisotopic (exact) mass is 441 g/mol. The Morgan fingerprint density at radius 3 is 2.17 bits per heavy atom. The highest BCUT2D eigenvalue weighted by Gasteiger charge is 2.20. The first-order valence-corrected chi connectivity index (χ1v) is 9.37. The Hall–Kier alpha value is -2.48. The number of fused-ring (bicyclic) bond motifs is 1.